The van der Waals surface area contributed by atoms with Gasteiger partial charge < -0.3 is 4.74 Å². The molecule has 0 unspecified atom stereocenters. The van der Waals surface area contributed by atoms with E-state index in [-0.39, 0.29) is 17.5 Å². The van der Waals surface area contributed by atoms with Crippen LogP contribution in [0.4, 0.5) is 0 Å². The zero-order valence-corrected chi connectivity index (χ0v) is 15.1. The van der Waals surface area contributed by atoms with Gasteiger partial charge in [-0.25, -0.2) is 0 Å². The largest absolute Gasteiger partial charge is 0.463 e. The van der Waals surface area contributed by atoms with Gasteiger partial charge >= 0.3 is 5.97 Å². The molecular formula is C22H30O2. The van der Waals surface area contributed by atoms with Gasteiger partial charge in [-0.2, -0.15) is 0 Å². The second-order valence-electron chi connectivity index (χ2n) is 8.93. The average molecular weight is 326 g/mol. The van der Waals surface area contributed by atoms with E-state index in [4.69, 9.17) is 11.2 Å². The van der Waals surface area contributed by atoms with E-state index in [0.717, 1.165) is 42.4 Å². The van der Waals surface area contributed by atoms with E-state index >= 15 is 0 Å². The lowest BCUT2D eigenvalue weighted by Crippen LogP contribution is -2.48. The van der Waals surface area contributed by atoms with Crippen molar-refractivity contribution in [1.82, 2.24) is 0 Å². The molecule has 0 aliphatic heterocycles. The van der Waals surface area contributed by atoms with E-state index in [2.05, 4.69) is 18.9 Å². The van der Waals surface area contributed by atoms with Crippen LogP contribution in [0, 0.1) is 47.3 Å². The minimum absolute atomic E-state index is 0.112. The third-order valence-electron chi connectivity index (χ3n) is 7.98. The molecule has 3 saturated carbocycles. The van der Waals surface area contributed by atoms with Gasteiger partial charge in [0.25, 0.3) is 0 Å². The molecule has 4 aliphatic rings. The fourth-order valence-corrected chi connectivity index (χ4v) is 6.94. The third-order valence-corrected chi connectivity index (χ3v) is 7.98. The Morgan fingerprint density at radius 2 is 2.00 bits per heavy atom. The first-order valence-corrected chi connectivity index (χ1v) is 9.87. The van der Waals surface area contributed by atoms with Crippen LogP contribution in [0.5, 0.6) is 0 Å². The van der Waals surface area contributed by atoms with Gasteiger partial charge in [-0.3, -0.25) is 4.79 Å². The van der Waals surface area contributed by atoms with Gasteiger partial charge in [0.15, 0.2) is 0 Å². The van der Waals surface area contributed by atoms with Crippen LogP contribution < -0.4 is 0 Å². The van der Waals surface area contributed by atoms with Crippen molar-refractivity contribution in [2.75, 3.05) is 0 Å². The van der Waals surface area contributed by atoms with Crippen molar-refractivity contribution in [3.63, 3.8) is 0 Å². The topological polar surface area (TPSA) is 26.3 Å². The van der Waals surface area contributed by atoms with E-state index in [1.165, 1.54) is 44.1 Å². The molecule has 4 aliphatic carbocycles. The Morgan fingerprint density at radius 1 is 1.21 bits per heavy atom. The first-order chi connectivity index (χ1) is 11.5. The predicted molar refractivity (Wildman–Crippen MR) is 95.0 cm³/mol. The van der Waals surface area contributed by atoms with E-state index in [0.29, 0.717) is 0 Å². The van der Waals surface area contributed by atoms with Crippen molar-refractivity contribution in [3.8, 4) is 12.3 Å². The van der Waals surface area contributed by atoms with E-state index < -0.39 is 0 Å². The highest BCUT2D eigenvalue weighted by Gasteiger charge is 2.54. The number of carbonyl (C=O) groups excluding carboxylic acids is 1. The van der Waals surface area contributed by atoms with Crippen LogP contribution in [-0.2, 0) is 9.53 Å². The summed E-state index contributed by atoms with van der Waals surface area (Å²) in [4.78, 5) is 11.3. The normalized spacial score (nSPS) is 46.8. The Hall–Kier alpha value is -1.23. The number of allylic oxidation sites excluding steroid dienone is 2. The number of fused-ring (bicyclic) bond motifs is 5. The summed E-state index contributed by atoms with van der Waals surface area (Å²) >= 11 is 0. The summed E-state index contributed by atoms with van der Waals surface area (Å²) in [5, 5.41) is 0. The molecule has 4 rings (SSSR count). The van der Waals surface area contributed by atoms with Gasteiger partial charge in [0, 0.05) is 17.9 Å². The van der Waals surface area contributed by atoms with Crippen LogP contribution in [0.3, 0.4) is 0 Å². The fourth-order valence-electron chi connectivity index (χ4n) is 6.94. The molecule has 2 nitrogen and oxygen atoms in total. The summed E-state index contributed by atoms with van der Waals surface area (Å²) in [5.74, 6) is 7.02. The smallest absolute Gasteiger partial charge is 0.302 e. The number of rotatable bonds is 1. The van der Waals surface area contributed by atoms with E-state index in [1.54, 1.807) is 6.92 Å². The van der Waals surface area contributed by atoms with Gasteiger partial charge in [0.2, 0.25) is 0 Å². The van der Waals surface area contributed by atoms with E-state index in [1.807, 2.05) is 0 Å². The summed E-state index contributed by atoms with van der Waals surface area (Å²) in [6, 6.07) is 0. The van der Waals surface area contributed by atoms with Gasteiger partial charge in [-0.1, -0.05) is 18.9 Å². The van der Waals surface area contributed by atoms with Crippen molar-refractivity contribution in [2.24, 2.45) is 35.0 Å². The molecule has 0 aromatic heterocycles. The molecule has 0 aromatic rings. The fraction of sp³-hybridized carbons (Fsp3) is 0.773. The van der Waals surface area contributed by atoms with Crippen molar-refractivity contribution < 1.29 is 9.53 Å². The summed E-state index contributed by atoms with van der Waals surface area (Å²) in [5.41, 5.74) is 1.56. The Bertz CT molecular complexity index is 598. The number of esters is 1. The molecule has 0 heterocycles. The summed E-state index contributed by atoms with van der Waals surface area (Å²) in [7, 11) is 0. The lowest BCUT2D eigenvalue weighted by atomic mass is 9.50. The van der Waals surface area contributed by atoms with Crippen LogP contribution in [-0.4, -0.2) is 12.1 Å². The average Bonchev–Trinajstić information content (AvgIpc) is 2.90. The Labute approximate surface area is 146 Å². The highest BCUT2D eigenvalue weighted by molar-refractivity contribution is 5.66. The lowest BCUT2D eigenvalue weighted by Gasteiger charge is -2.55. The molecule has 130 valence electrons. The van der Waals surface area contributed by atoms with Crippen molar-refractivity contribution >= 4 is 5.97 Å². The Kier molecular flexibility index (Phi) is 4.02. The van der Waals surface area contributed by atoms with Gasteiger partial charge in [-0.15, -0.1) is 6.42 Å². The minimum atomic E-state index is -0.112. The molecule has 0 amide bonds. The number of hydrogen-bond acceptors (Lipinski definition) is 2. The molecule has 7 atom stereocenters. The van der Waals surface area contributed by atoms with Crippen molar-refractivity contribution in [2.45, 2.75) is 71.3 Å². The molecule has 3 fully saturated rings. The minimum Gasteiger partial charge on any atom is -0.463 e. The summed E-state index contributed by atoms with van der Waals surface area (Å²) < 4.78 is 5.52. The maximum atomic E-state index is 11.3. The monoisotopic (exact) mass is 326 g/mol. The standard InChI is InChI=1S/C22H30O2/c1-4-16-6-10-21-20-8-5-15-13-17(24-14(2)23)7-9-18(15)19(20)11-12-22(16,21)3/h1,6,15,17-21H,5,7-13H2,2-3H3/t15-,17+,18+,19-,20-,21+,22-/m1/s1. The Balaban J connectivity index is 1.48. The SMILES string of the molecule is C#CC1=CC[C@H]2[C@@H]3CC[C@@H]4C[C@@H](OC(C)=O)CC[C@@H]4[C@H]3CC[C@]12C. The molecule has 0 bridgehead atoms. The maximum Gasteiger partial charge on any atom is 0.302 e. The maximum absolute atomic E-state index is 11.3. The van der Waals surface area contributed by atoms with Gasteiger partial charge in [0.1, 0.15) is 6.10 Å². The molecular weight excluding hydrogens is 296 g/mol. The highest BCUT2D eigenvalue weighted by Crippen LogP contribution is 2.62. The van der Waals surface area contributed by atoms with E-state index in [9.17, 15) is 4.79 Å². The molecule has 0 radical (unpaired) electrons. The highest BCUT2D eigenvalue weighted by atomic mass is 16.5. The summed E-state index contributed by atoms with van der Waals surface area (Å²) in [6.07, 6.45) is 18.2. The zero-order valence-electron chi connectivity index (χ0n) is 15.1. The van der Waals surface area contributed by atoms with Crippen LogP contribution >= 0.6 is 0 Å². The third kappa shape index (κ3) is 2.43. The molecule has 0 N–H and O–H groups in total. The first kappa shape index (κ1) is 16.2. The number of hydrogen-bond donors (Lipinski definition) is 0. The lowest BCUT2D eigenvalue weighted by molar-refractivity contribution is -0.151. The quantitative estimate of drug-likeness (QED) is 0.514. The number of carbonyl (C=O) groups is 1. The van der Waals surface area contributed by atoms with Crippen molar-refractivity contribution in [3.05, 3.63) is 11.6 Å². The number of ether oxygens (including phenoxy) is 1. The van der Waals surface area contributed by atoms with Crippen LogP contribution in [0.1, 0.15) is 65.2 Å². The van der Waals surface area contributed by atoms with Crippen molar-refractivity contribution in [1.29, 1.82) is 0 Å². The number of terminal acetylenes is 1. The van der Waals surface area contributed by atoms with Crippen LogP contribution in [0.25, 0.3) is 0 Å². The van der Waals surface area contributed by atoms with Gasteiger partial charge in [0.05, 0.1) is 0 Å². The second kappa shape index (κ2) is 5.94. The molecule has 0 saturated heterocycles. The predicted octanol–water partition coefficient (Wildman–Crippen LogP) is 4.74. The molecule has 0 aromatic carbocycles. The van der Waals surface area contributed by atoms with Crippen LogP contribution in [0.2, 0.25) is 0 Å². The Morgan fingerprint density at radius 3 is 2.75 bits per heavy atom. The second-order valence-corrected chi connectivity index (χ2v) is 8.93. The molecule has 24 heavy (non-hydrogen) atoms. The zero-order chi connectivity index (χ0) is 16.9. The first-order valence-electron chi connectivity index (χ1n) is 9.87. The summed E-state index contributed by atoms with van der Waals surface area (Å²) in [6.45, 7) is 3.97. The molecule has 0 spiro atoms. The van der Waals surface area contributed by atoms with Crippen LogP contribution in [0.15, 0.2) is 11.6 Å². The van der Waals surface area contributed by atoms with Gasteiger partial charge in [-0.05, 0) is 81.0 Å². The molecule has 2 heteroatoms.